The van der Waals surface area contributed by atoms with Gasteiger partial charge in [0, 0.05) is 31.0 Å². The Balaban J connectivity index is 2.93. The molecule has 0 saturated carbocycles. The Morgan fingerprint density at radius 2 is 2.11 bits per heavy atom. The fraction of sp³-hybridized carbons (Fsp3) is 0.462. The predicted molar refractivity (Wildman–Crippen MR) is 74.2 cm³/mol. The van der Waals surface area contributed by atoms with Gasteiger partial charge in [0.1, 0.15) is 0 Å². The second kappa shape index (κ2) is 6.52. The van der Waals surface area contributed by atoms with Gasteiger partial charge in [-0.15, -0.1) is 11.6 Å². The number of carbonyl (C=O) groups is 1. The highest BCUT2D eigenvalue weighted by molar-refractivity contribution is 6.19. The van der Waals surface area contributed by atoms with Crippen molar-refractivity contribution in [2.24, 2.45) is 5.92 Å². The number of halogens is 1. The van der Waals surface area contributed by atoms with Crippen molar-refractivity contribution in [3.63, 3.8) is 0 Å². The normalized spacial score (nSPS) is 13.7. The molecule has 0 aromatic heterocycles. The molecule has 0 aliphatic rings. The molecular weight excluding hydrogens is 268 g/mol. The molecule has 1 rings (SSSR count). The minimum absolute atomic E-state index is 0.0237. The van der Waals surface area contributed by atoms with Crippen LogP contribution in [0.2, 0.25) is 0 Å². The number of alkyl halides is 1. The zero-order chi connectivity index (χ0) is 14.6. The van der Waals surface area contributed by atoms with E-state index in [1.807, 2.05) is 6.92 Å². The summed E-state index contributed by atoms with van der Waals surface area (Å²) in [5.74, 6) is -0.0907. The first-order chi connectivity index (χ1) is 8.88. The zero-order valence-electron chi connectivity index (χ0n) is 11.2. The maximum absolute atomic E-state index is 12.0. The van der Waals surface area contributed by atoms with Gasteiger partial charge >= 0.3 is 0 Å². The number of rotatable bonds is 5. The van der Waals surface area contributed by atoms with Gasteiger partial charge < -0.3 is 4.90 Å². The molecule has 0 spiro atoms. The highest BCUT2D eigenvalue weighted by atomic mass is 35.5. The summed E-state index contributed by atoms with van der Waals surface area (Å²) >= 11 is 5.67. The highest BCUT2D eigenvalue weighted by Gasteiger charge is 2.22. The lowest BCUT2D eigenvalue weighted by molar-refractivity contribution is -0.384. The van der Waals surface area contributed by atoms with E-state index < -0.39 is 4.92 Å². The lowest BCUT2D eigenvalue weighted by Crippen LogP contribution is -2.34. The first kappa shape index (κ1) is 15.4. The summed E-state index contributed by atoms with van der Waals surface area (Å²) in [6.07, 6.45) is 0. The van der Waals surface area contributed by atoms with Crippen LogP contribution in [0.4, 0.5) is 5.69 Å². The second-order valence-corrected chi connectivity index (χ2v) is 4.84. The van der Waals surface area contributed by atoms with Crippen LogP contribution in [0, 0.1) is 16.0 Å². The van der Waals surface area contributed by atoms with Crippen LogP contribution >= 0.6 is 11.6 Å². The molecule has 0 heterocycles. The van der Waals surface area contributed by atoms with Gasteiger partial charge in [-0.25, -0.2) is 0 Å². The second-order valence-electron chi connectivity index (χ2n) is 4.53. The molecule has 0 bridgehead atoms. The average molecular weight is 285 g/mol. The number of non-ortho nitro benzene ring substituents is 1. The molecule has 1 amide bonds. The minimum Gasteiger partial charge on any atom is -0.339 e. The number of nitro groups is 1. The fourth-order valence-corrected chi connectivity index (χ4v) is 1.86. The van der Waals surface area contributed by atoms with Crippen LogP contribution in [0.1, 0.15) is 25.5 Å². The highest BCUT2D eigenvalue weighted by Crippen LogP contribution is 2.24. The van der Waals surface area contributed by atoms with Gasteiger partial charge in [0.15, 0.2) is 0 Å². The van der Waals surface area contributed by atoms with Gasteiger partial charge in [0.05, 0.1) is 11.0 Å². The first-order valence-corrected chi connectivity index (χ1v) is 6.49. The van der Waals surface area contributed by atoms with E-state index >= 15 is 0 Å². The summed E-state index contributed by atoms with van der Waals surface area (Å²) in [5, 5.41) is 10.7. The van der Waals surface area contributed by atoms with E-state index in [2.05, 4.69) is 0 Å². The van der Waals surface area contributed by atoms with Crippen LogP contribution in [0.25, 0.3) is 0 Å². The Morgan fingerprint density at radius 3 is 2.63 bits per heavy atom. The Kier molecular flexibility index (Phi) is 5.30. The average Bonchev–Trinajstić information content (AvgIpc) is 2.44. The molecule has 2 atom stereocenters. The van der Waals surface area contributed by atoms with Crippen molar-refractivity contribution in [3.8, 4) is 0 Å². The molecule has 1 aromatic carbocycles. The summed E-state index contributed by atoms with van der Waals surface area (Å²) in [4.78, 5) is 23.9. The minimum atomic E-state index is -0.445. The fourth-order valence-electron chi connectivity index (χ4n) is 1.73. The monoisotopic (exact) mass is 284 g/mol. The summed E-state index contributed by atoms with van der Waals surface area (Å²) in [7, 11) is 1.68. The molecule has 0 N–H and O–H groups in total. The van der Waals surface area contributed by atoms with E-state index in [9.17, 15) is 14.9 Å². The van der Waals surface area contributed by atoms with Crippen LogP contribution in [0.3, 0.4) is 0 Å². The predicted octanol–water partition coefficient (Wildman–Crippen LogP) is 2.99. The lowest BCUT2D eigenvalue weighted by Gasteiger charge is -2.27. The van der Waals surface area contributed by atoms with Crippen molar-refractivity contribution in [1.29, 1.82) is 0 Å². The molecule has 104 valence electrons. The van der Waals surface area contributed by atoms with Crippen molar-refractivity contribution in [2.75, 3.05) is 12.9 Å². The Hall–Kier alpha value is -1.62. The third kappa shape index (κ3) is 3.67. The molecule has 0 aliphatic carbocycles. The van der Waals surface area contributed by atoms with Crippen molar-refractivity contribution in [3.05, 3.63) is 39.9 Å². The molecule has 0 radical (unpaired) electrons. The number of hydrogen-bond acceptors (Lipinski definition) is 3. The van der Waals surface area contributed by atoms with Gasteiger partial charge in [0.2, 0.25) is 5.91 Å². The van der Waals surface area contributed by atoms with Crippen molar-refractivity contribution >= 4 is 23.2 Å². The summed E-state index contributed by atoms with van der Waals surface area (Å²) < 4.78 is 0. The number of amides is 1. The Bertz CT molecular complexity index is 479. The van der Waals surface area contributed by atoms with Gasteiger partial charge in [-0.05, 0) is 12.5 Å². The van der Waals surface area contributed by atoms with Gasteiger partial charge in [0.25, 0.3) is 5.69 Å². The molecule has 0 fully saturated rings. The van der Waals surface area contributed by atoms with Crippen LogP contribution in [0.5, 0.6) is 0 Å². The summed E-state index contributed by atoms with van der Waals surface area (Å²) in [6, 6.07) is 6.07. The van der Waals surface area contributed by atoms with Crippen LogP contribution in [0.15, 0.2) is 24.3 Å². The SMILES string of the molecule is CC(CCl)C(=O)N(C)C(C)c1cccc([N+](=O)[O-])c1. The number of nitro benzene ring substituents is 1. The van der Waals surface area contributed by atoms with E-state index in [1.165, 1.54) is 12.1 Å². The van der Waals surface area contributed by atoms with E-state index in [-0.39, 0.29) is 29.4 Å². The molecular formula is C13H17ClN2O3. The van der Waals surface area contributed by atoms with Crippen molar-refractivity contribution in [1.82, 2.24) is 4.90 Å². The zero-order valence-corrected chi connectivity index (χ0v) is 11.9. The smallest absolute Gasteiger partial charge is 0.269 e. The number of hydrogen-bond donors (Lipinski definition) is 0. The number of carbonyl (C=O) groups excluding carboxylic acids is 1. The van der Waals surface area contributed by atoms with E-state index in [4.69, 9.17) is 11.6 Å². The molecule has 0 saturated heterocycles. The number of nitrogens with zero attached hydrogens (tertiary/aromatic N) is 2. The molecule has 19 heavy (non-hydrogen) atoms. The number of benzene rings is 1. The quantitative estimate of drug-likeness (QED) is 0.474. The maximum Gasteiger partial charge on any atom is 0.269 e. The Labute approximate surface area is 117 Å². The molecule has 1 aromatic rings. The lowest BCUT2D eigenvalue weighted by atomic mass is 10.0. The van der Waals surface area contributed by atoms with E-state index in [0.29, 0.717) is 0 Å². The van der Waals surface area contributed by atoms with Crippen LogP contribution in [-0.2, 0) is 4.79 Å². The van der Waals surface area contributed by atoms with Crippen LogP contribution in [-0.4, -0.2) is 28.7 Å². The summed E-state index contributed by atoms with van der Waals surface area (Å²) in [6.45, 7) is 3.59. The van der Waals surface area contributed by atoms with Gasteiger partial charge in [-0.2, -0.15) is 0 Å². The van der Waals surface area contributed by atoms with Gasteiger partial charge in [-0.1, -0.05) is 19.1 Å². The standard InChI is InChI=1S/C13H17ClN2O3/c1-9(8-14)13(17)15(3)10(2)11-5-4-6-12(7-11)16(18)19/h4-7,9-10H,8H2,1-3H3. The van der Waals surface area contributed by atoms with E-state index in [0.717, 1.165) is 5.56 Å². The molecule has 6 heteroatoms. The van der Waals surface area contributed by atoms with Crippen molar-refractivity contribution < 1.29 is 9.72 Å². The van der Waals surface area contributed by atoms with Gasteiger partial charge in [-0.3, -0.25) is 14.9 Å². The third-order valence-corrected chi connectivity index (χ3v) is 3.61. The Morgan fingerprint density at radius 1 is 1.47 bits per heavy atom. The van der Waals surface area contributed by atoms with Crippen LogP contribution < -0.4 is 0 Å². The first-order valence-electron chi connectivity index (χ1n) is 5.95. The van der Waals surface area contributed by atoms with E-state index in [1.54, 1.807) is 31.0 Å². The largest absolute Gasteiger partial charge is 0.339 e. The molecule has 2 unspecified atom stereocenters. The molecule has 0 aliphatic heterocycles. The van der Waals surface area contributed by atoms with Crippen molar-refractivity contribution in [2.45, 2.75) is 19.9 Å². The topological polar surface area (TPSA) is 63.5 Å². The summed E-state index contributed by atoms with van der Waals surface area (Å²) in [5.41, 5.74) is 0.752. The third-order valence-electron chi connectivity index (χ3n) is 3.15. The molecule has 5 nitrogen and oxygen atoms in total. The maximum atomic E-state index is 12.0.